The highest BCUT2D eigenvalue weighted by molar-refractivity contribution is 9.10. The van der Waals surface area contributed by atoms with Crippen molar-refractivity contribution in [3.05, 3.63) is 67.7 Å². The number of nitrogens with zero attached hydrogens (tertiary/aromatic N) is 1. The van der Waals surface area contributed by atoms with Crippen LogP contribution in [0, 0.1) is 10.1 Å². The van der Waals surface area contributed by atoms with E-state index in [-0.39, 0.29) is 17.4 Å². The first-order valence-electron chi connectivity index (χ1n) is 6.96. The third-order valence-electron chi connectivity index (χ3n) is 3.42. The minimum absolute atomic E-state index is 0.0806. The first kappa shape index (κ1) is 16.3. The smallest absolute Gasteiger partial charge is 0.270 e. The van der Waals surface area contributed by atoms with Gasteiger partial charge in [-0.15, -0.1) is 0 Å². The molecule has 7 heteroatoms. The summed E-state index contributed by atoms with van der Waals surface area (Å²) in [4.78, 5) is 10.7. The maximum atomic E-state index is 11.1. The molecule has 0 unspecified atom stereocenters. The van der Waals surface area contributed by atoms with Gasteiger partial charge in [-0.3, -0.25) is 10.1 Å². The van der Waals surface area contributed by atoms with E-state index in [0.29, 0.717) is 12.4 Å². The number of thioether (sulfide) groups is 1. The Morgan fingerprint density at radius 2 is 2.00 bits per heavy atom. The molecule has 23 heavy (non-hydrogen) atoms. The van der Waals surface area contributed by atoms with Crippen LogP contribution in [0.15, 0.2) is 40.9 Å². The van der Waals surface area contributed by atoms with Crippen LogP contribution in [-0.4, -0.2) is 11.7 Å². The normalized spacial score (nSPS) is 13.3. The number of nitro benzene ring substituents is 1. The highest BCUT2D eigenvalue weighted by atomic mass is 79.9. The van der Waals surface area contributed by atoms with Crippen LogP contribution in [0.2, 0.25) is 0 Å². The Morgan fingerprint density at radius 3 is 2.74 bits per heavy atom. The van der Waals surface area contributed by atoms with Crippen molar-refractivity contribution in [3.63, 3.8) is 0 Å². The number of rotatable bonds is 5. The molecule has 0 saturated carbocycles. The molecule has 5 nitrogen and oxygen atoms in total. The summed E-state index contributed by atoms with van der Waals surface area (Å²) in [5.74, 6) is 2.21. The maximum Gasteiger partial charge on any atom is 0.270 e. The molecule has 3 rings (SSSR count). The van der Waals surface area contributed by atoms with Gasteiger partial charge in [0.1, 0.15) is 5.75 Å². The molecule has 0 bridgehead atoms. The summed E-state index contributed by atoms with van der Waals surface area (Å²) < 4.78 is 11.8. The highest BCUT2D eigenvalue weighted by Crippen LogP contribution is 2.35. The number of hydrogen-bond acceptors (Lipinski definition) is 5. The third-order valence-corrected chi connectivity index (χ3v) is 5.00. The Morgan fingerprint density at radius 1 is 1.22 bits per heavy atom. The van der Waals surface area contributed by atoms with Gasteiger partial charge in [-0.1, -0.05) is 28.1 Å². The Hall–Kier alpha value is -1.57. The van der Waals surface area contributed by atoms with Gasteiger partial charge >= 0.3 is 0 Å². The molecule has 0 radical (unpaired) electrons. The summed E-state index contributed by atoms with van der Waals surface area (Å²) in [6.45, 7) is 0.538. The molecule has 2 aromatic carbocycles. The SMILES string of the molecule is O=[N+]([O-])c1cc2c(c(CSCc3ccc(Br)cc3)c1)OCOC2. The van der Waals surface area contributed by atoms with Crippen molar-refractivity contribution in [2.45, 2.75) is 18.1 Å². The van der Waals surface area contributed by atoms with Gasteiger partial charge in [0, 0.05) is 39.2 Å². The largest absolute Gasteiger partial charge is 0.467 e. The Kier molecular flexibility index (Phi) is 5.20. The molecule has 1 aliphatic rings. The van der Waals surface area contributed by atoms with Gasteiger partial charge in [0.05, 0.1) is 11.5 Å². The lowest BCUT2D eigenvalue weighted by atomic mass is 10.1. The van der Waals surface area contributed by atoms with Crippen LogP contribution < -0.4 is 4.74 Å². The molecular formula is C16H14BrNO4S. The van der Waals surface area contributed by atoms with Gasteiger partial charge in [-0.05, 0) is 17.7 Å². The summed E-state index contributed by atoms with van der Waals surface area (Å²) in [5.41, 5.74) is 2.88. The first-order valence-corrected chi connectivity index (χ1v) is 8.91. The molecule has 1 heterocycles. The molecule has 2 aromatic rings. The van der Waals surface area contributed by atoms with Crippen LogP contribution >= 0.6 is 27.7 Å². The van der Waals surface area contributed by atoms with E-state index in [2.05, 4.69) is 28.1 Å². The van der Waals surface area contributed by atoms with Gasteiger partial charge in [0.2, 0.25) is 0 Å². The summed E-state index contributed by atoms with van der Waals surface area (Å²) in [5, 5.41) is 11.1. The fraction of sp³-hybridized carbons (Fsp3) is 0.250. The monoisotopic (exact) mass is 395 g/mol. The van der Waals surface area contributed by atoms with Crippen LogP contribution in [0.3, 0.4) is 0 Å². The van der Waals surface area contributed by atoms with E-state index >= 15 is 0 Å². The van der Waals surface area contributed by atoms with Crippen LogP contribution in [0.1, 0.15) is 16.7 Å². The molecule has 0 aromatic heterocycles. The Labute approximate surface area is 146 Å². The summed E-state index contributed by atoms with van der Waals surface area (Å²) in [6.07, 6.45) is 0. The number of fused-ring (bicyclic) bond motifs is 1. The van der Waals surface area contributed by atoms with E-state index in [1.807, 2.05) is 12.1 Å². The van der Waals surface area contributed by atoms with E-state index in [1.165, 1.54) is 11.6 Å². The van der Waals surface area contributed by atoms with E-state index in [0.717, 1.165) is 27.1 Å². The minimum Gasteiger partial charge on any atom is -0.467 e. The zero-order chi connectivity index (χ0) is 16.2. The predicted octanol–water partition coefficient (Wildman–Crippen LogP) is 4.66. The van der Waals surface area contributed by atoms with E-state index in [1.54, 1.807) is 17.8 Å². The molecule has 120 valence electrons. The predicted molar refractivity (Wildman–Crippen MR) is 92.5 cm³/mol. The minimum atomic E-state index is -0.377. The molecular weight excluding hydrogens is 382 g/mol. The molecule has 1 aliphatic heterocycles. The van der Waals surface area contributed by atoms with E-state index in [9.17, 15) is 10.1 Å². The van der Waals surface area contributed by atoms with Crippen molar-refractivity contribution in [1.29, 1.82) is 0 Å². The second-order valence-corrected chi connectivity index (χ2v) is 6.98. The molecule has 0 atom stereocenters. The van der Waals surface area contributed by atoms with E-state index < -0.39 is 0 Å². The van der Waals surface area contributed by atoms with Gasteiger partial charge in [-0.25, -0.2) is 0 Å². The lowest BCUT2D eigenvalue weighted by Crippen LogP contribution is -2.13. The fourth-order valence-corrected chi connectivity index (χ4v) is 3.58. The molecule has 0 aliphatic carbocycles. The lowest BCUT2D eigenvalue weighted by molar-refractivity contribution is -0.385. The topological polar surface area (TPSA) is 61.6 Å². The average molecular weight is 396 g/mol. The molecule has 0 saturated heterocycles. The maximum absolute atomic E-state index is 11.1. The number of non-ortho nitro benzene ring substituents is 1. The Balaban J connectivity index is 1.74. The number of hydrogen-bond donors (Lipinski definition) is 0. The van der Waals surface area contributed by atoms with Crippen LogP contribution in [-0.2, 0) is 22.8 Å². The number of halogens is 1. The molecule has 0 N–H and O–H groups in total. The van der Waals surface area contributed by atoms with Gasteiger partial charge in [0.25, 0.3) is 5.69 Å². The first-order chi connectivity index (χ1) is 11.1. The zero-order valence-electron chi connectivity index (χ0n) is 12.2. The van der Waals surface area contributed by atoms with Crippen molar-refractivity contribution < 1.29 is 14.4 Å². The van der Waals surface area contributed by atoms with Crippen molar-refractivity contribution in [2.24, 2.45) is 0 Å². The van der Waals surface area contributed by atoms with Gasteiger partial charge in [0.15, 0.2) is 6.79 Å². The average Bonchev–Trinajstić information content (AvgIpc) is 2.56. The quantitative estimate of drug-likeness (QED) is 0.544. The lowest BCUT2D eigenvalue weighted by Gasteiger charge is -2.20. The van der Waals surface area contributed by atoms with Crippen molar-refractivity contribution >= 4 is 33.4 Å². The zero-order valence-corrected chi connectivity index (χ0v) is 14.6. The fourth-order valence-electron chi connectivity index (χ4n) is 2.35. The molecule has 0 fully saturated rings. The summed E-state index contributed by atoms with van der Waals surface area (Å²) >= 11 is 5.11. The van der Waals surface area contributed by atoms with Crippen LogP contribution in [0.4, 0.5) is 5.69 Å². The standard InChI is InChI=1S/C16H14BrNO4S/c17-14-3-1-11(2-4-14)8-23-9-13-6-15(18(19)20)5-12-7-21-10-22-16(12)13/h1-6H,7-10H2. The molecule has 0 spiro atoms. The van der Waals surface area contributed by atoms with E-state index in [4.69, 9.17) is 9.47 Å². The van der Waals surface area contributed by atoms with Crippen molar-refractivity contribution in [1.82, 2.24) is 0 Å². The number of nitro groups is 1. The number of benzene rings is 2. The Bertz CT molecular complexity index is 721. The third kappa shape index (κ3) is 4.04. The van der Waals surface area contributed by atoms with Crippen LogP contribution in [0.5, 0.6) is 5.75 Å². The second kappa shape index (κ2) is 7.33. The highest BCUT2D eigenvalue weighted by Gasteiger charge is 2.20. The molecule has 0 amide bonds. The van der Waals surface area contributed by atoms with Crippen molar-refractivity contribution in [3.8, 4) is 5.75 Å². The van der Waals surface area contributed by atoms with Gasteiger partial charge < -0.3 is 9.47 Å². The van der Waals surface area contributed by atoms with Crippen molar-refractivity contribution in [2.75, 3.05) is 6.79 Å². The summed E-state index contributed by atoms with van der Waals surface area (Å²) in [7, 11) is 0. The summed E-state index contributed by atoms with van der Waals surface area (Å²) in [6, 6.07) is 11.3. The van der Waals surface area contributed by atoms with Crippen LogP contribution in [0.25, 0.3) is 0 Å². The van der Waals surface area contributed by atoms with Gasteiger partial charge in [-0.2, -0.15) is 11.8 Å². The second-order valence-electron chi connectivity index (χ2n) is 5.08. The number of ether oxygens (including phenoxy) is 2.